The molecule has 4 N–H and O–H groups in total. The number of hydrogen-bond acceptors (Lipinski definition) is 3. The highest BCUT2D eigenvalue weighted by Gasteiger charge is 2.30. The molecule has 1 aliphatic carbocycles. The second-order valence-corrected chi connectivity index (χ2v) is 4.92. The molecule has 0 bridgehead atoms. The van der Waals surface area contributed by atoms with Crippen LogP contribution in [0.15, 0.2) is 24.3 Å². The van der Waals surface area contributed by atoms with Crippen molar-refractivity contribution in [2.75, 3.05) is 5.32 Å². The highest BCUT2D eigenvalue weighted by Crippen LogP contribution is 2.26. The SMILES string of the molecule is NC1CCCC1C(=O)Nc1ccccc1CC(=O)O. The van der Waals surface area contributed by atoms with Gasteiger partial charge in [-0.05, 0) is 24.5 Å². The third-order valence-corrected chi connectivity index (χ3v) is 3.52. The standard InChI is InChI=1S/C14H18N2O3/c15-11-6-3-5-10(11)14(19)16-12-7-2-1-4-9(12)8-13(17)18/h1-2,4,7,10-11H,3,5-6,8,15H2,(H,16,19)(H,17,18). The van der Waals surface area contributed by atoms with E-state index in [0.717, 1.165) is 19.3 Å². The summed E-state index contributed by atoms with van der Waals surface area (Å²) in [4.78, 5) is 22.9. The van der Waals surface area contributed by atoms with E-state index in [9.17, 15) is 9.59 Å². The van der Waals surface area contributed by atoms with Crippen LogP contribution in [0.1, 0.15) is 24.8 Å². The summed E-state index contributed by atoms with van der Waals surface area (Å²) in [7, 11) is 0. The van der Waals surface area contributed by atoms with E-state index in [2.05, 4.69) is 5.32 Å². The molecule has 19 heavy (non-hydrogen) atoms. The summed E-state index contributed by atoms with van der Waals surface area (Å²) in [5.41, 5.74) is 7.07. The Bertz CT molecular complexity index is 487. The van der Waals surface area contributed by atoms with E-state index >= 15 is 0 Å². The van der Waals surface area contributed by atoms with Gasteiger partial charge in [0.25, 0.3) is 0 Å². The molecule has 1 fully saturated rings. The van der Waals surface area contributed by atoms with E-state index in [-0.39, 0.29) is 24.3 Å². The van der Waals surface area contributed by atoms with E-state index in [1.54, 1.807) is 24.3 Å². The number of carboxylic acid groups (broad SMARTS) is 1. The molecule has 1 aromatic carbocycles. The normalized spacial score (nSPS) is 22.2. The summed E-state index contributed by atoms with van der Waals surface area (Å²) in [5.74, 6) is -1.19. The number of carbonyl (C=O) groups is 2. The number of hydrogen-bond donors (Lipinski definition) is 3. The fraction of sp³-hybridized carbons (Fsp3) is 0.429. The fourth-order valence-corrected chi connectivity index (χ4v) is 2.50. The minimum absolute atomic E-state index is 0.0911. The van der Waals surface area contributed by atoms with Gasteiger partial charge in [-0.15, -0.1) is 0 Å². The van der Waals surface area contributed by atoms with Crippen LogP contribution in [0.4, 0.5) is 5.69 Å². The van der Waals surface area contributed by atoms with Crippen molar-refractivity contribution in [2.24, 2.45) is 11.7 Å². The maximum Gasteiger partial charge on any atom is 0.307 e. The molecule has 1 saturated carbocycles. The lowest BCUT2D eigenvalue weighted by Gasteiger charge is -2.16. The van der Waals surface area contributed by atoms with Gasteiger partial charge in [-0.3, -0.25) is 9.59 Å². The summed E-state index contributed by atoms with van der Waals surface area (Å²) in [6.07, 6.45) is 2.53. The number of para-hydroxylation sites is 1. The van der Waals surface area contributed by atoms with Crippen molar-refractivity contribution in [3.05, 3.63) is 29.8 Å². The number of carboxylic acids is 1. The lowest BCUT2D eigenvalue weighted by Crippen LogP contribution is -2.34. The minimum Gasteiger partial charge on any atom is -0.481 e. The number of anilines is 1. The first kappa shape index (κ1) is 13.5. The molecule has 1 amide bonds. The lowest BCUT2D eigenvalue weighted by molar-refractivity contribution is -0.136. The van der Waals surface area contributed by atoms with Gasteiger partial charge >= 0.3 is 5.97 Å². The molecule has 0 radical (unpaired) electrons. The molecule has 0 aliphatic heterocycles. The molecule has 2 rings (SSSR count). The van der Waals surface area contributed by atoms with Gasteiger partial charge in [0.05, 0.1) is 12.3 Å². The Morgan fingerprint density at radius 3 is 2.68 bits per heavy atom. The second kappa shape index (κ2) is 5.84. The summed E-state index contributed by atoms with van der Waals surface area (Å²) >= 11 is 0. The Balaban J connectivity index is 2.10. The second-order valence-electron chi connectivity index (χ2n) is 4.92. The third-order valence-electron chi connectivity index (χ3n) is 3.52. The maximum atomic E-state index is 12.1. The van der Waals surface area contributed by atoms with Crippen LogP contribution in [0.3, 0.4) is 0 Å². The van der Waals surface area contributed by atoms with Crippen LogP contribution in [0, 0.1) is 5.92 Å². The van der Waals surface area contributed by atoms with Crippen LogP contribution in [0.5, 0.6) is 0 Å². The van der Waals surface area contributed by atoms with Gasteiger partial charge in [-0.25, -0.2) is 0 Å². The van der Waals surface area contributed by atoms with Crippen molar-refractivity contribution in [3.8, 4) is 0 Å². The molecule has 1 aliphatic rings. The molecule has 2 atom stereocenters. The van der Waals surface area contributed by atoms with E-state index in [1.165, 1.54) is 0 Å². The van der Waals surface area contributed by atoms with Crippen molar-refractivity contribution < 1.29 is 14.7 Å². The molecule has 0 spiro atoms. The zero-order valence-corrected chi connectivity index (χ0v) is 10.6. The predicted molar refractivity (Wildman–Crippen MR) is 71.7 cm³/mol. The number of nitrogens with one attached hydrogen (secondary N) is 1. The van der Waals surface area contributed by atoms with Crippen LogP contribution in [-0.2, 0) is 16.0 Å². The van der Waals surface area contributed by atoms with E-state index in [4.69, 9.17) is 10.8 Å². The number of aliphatic carboxylic acids is 1. The molecule has 5 heteroatoms. The van der Waals surface area contributed by atoms with Gasteiger partial charge < -0.3 is 16.2 Å². The Kier molecular flexibility index (Phi) is 4.16. The first-order valence-corrected chi connectivity index (χ1v) is 6.44. The van der Waals surface area contributed by atoms with Gasteiger partial charge in [0.15, 0.2) is 0 Å². The number of nitrogens with two attached hydrogens (primary N) is 1. The highest BCUT2D eigenvalue weighted by atomic mass is 16.4. The van der Waals surface area contributed by atoms with Gasteiger partial charge in [-0.1, -0.05) is 24.6 Å². The average Bonchev–Trinajstić information content (AvgIpc) is 2.77. The van der Waals surface area contributed by atoms with Crippen LogP contribution in [0.2, 0.25) is 0 Å². The molecule has 5 nitrogen and oxygen atoms in total. The van der Waals surface area contributed by atoms with Crippen LogP contribution >= 0.6 is 0 Å². The van der Waals surface area contributed by atoms with E-state index in [1.807, 2.05) is 0 Å². The Hall–Kier alpha value is -1.88. The Morgan fingerprint density at radius 2 is 2.05 bits per heavy atom. The van der Waals surface area contributed by atoms with Gasteiger partial charge in [0.1, 0.15) is 0 Å². The summed E-state index contributed by atoms with van der Waals surface area (Å²) < 4.78 is 0. The van der Waals surface area contributed by atoms with Crippen LogP contribution in [0.25, 0.3) is 0 Å². The number of amides is 1. The molecule has 0 saturated heterocycles. The molecule has 0 aromatic heterocycles. The third kappa shape index (κ3) is 3.32. The molecule has 102 valence electrons. The molecule has 2 unspecified atom stereocenters. The van der Waals surface area contributed by atoms with Crippen molar-refractivity contribution in [1.82, 2.24) is 0 Å². The Morgan fingerprint density at radius 1 is 1.32 bits per heavy atom. The molecule has 0 heterocycles. The van der Waals surface area contributed by atoms with Gasteiger partial charge in [0, 0.05) is 11.7 Å². The summed E-state index contributed by atoms with van der Waals surface area (Å²) in [6, 6.07) is 6.87. The number of carbonyl (C=O) groups excluding carboxylic acids is 1. The first-order chi connectivity index (χ1) is 9.08. The molecular formula is C14H18N2O3. The maximum absolute atomic E-state index is 12.1. The fourth-order valence-electron chi connectivity index (χ4n) is 2.50. The zero-order valence-electron chi connectivity index (χ0n) is 10.6. The topological polar surface area (TPSA) is 92.4 Å². The number of benzene rings is 1. The highest BCUT2D eigenvalue weighted by molar-refractivity contribution is 5.94. The van der Waals surface area contributed by atoms with Gasteiger partial charge in [-0.2, -0.15) is 0 Å². The van der Waals surface area contributed by atoms with E-state index in [0.29, 0.717) is 11.3 Å². The lowest BCUT2D eigenvalue weighted by atomic mass is 10.0. The van der Waals surface area contributed by atoms with Crippen LogP contribution < -0.4 is 11.1 Å². The molecule has 1 aromatic rings. The first-order valence-electron chi connectivity index (χ1n) is 6.44. The van der Waals surface area contributed by atoms with E-state index < -0.39 is 5.97 Å². The van der Waals surface area contributed by atoms with Crippen molar-refractivity contribution in [2.45, 2.75) is 31.7 Å². The van der Waals surface area contributed by atoms with Gasteiger partial charge in [0.2, 0.25) is 5.91 Å². The van der Waals surface area contributed by atoms with Crippen molar-refractivity contribution >= 4 is 17.6 Å². The van der Waals surface area contributed by atoms with Crippen LogP contribution in [-0.4, -0.2) is 23.0 Å². The minimum atomic E-state index is -0.917. The summed E-state index contributed by atoms with van der Waals surface area (Å²) in [6.45, 7) is 0. The van der Waals surface area contributed by atoms with Crippen molar-refractivity contribution in [1.29, 1.82) is 0 Å². The number of rotatable bonds is 4. The quantitative estimate of drug-likeness (QED) is 0.764. The molecular weight excluding hydrogens is 244 g/mol. The predicted octanol–water partition coefficient (Wildman–Crippen LogP) is 1.38. The monoisotopic (exact) mass is 262 g/mol. The zero-order chi connectivity index (χ0) is 13.8. The smallest absolute Gasteiger partial charge is 0.307 e. The van der Waals surface area contributed by atoms with Crippen molar-refractivity contribution in [3.63, 3.8) is 0 Å². The Labute approximate surface area is 111 Å². The average molecular weight is 262 g/mol. The largest absolute Gasteiger partial charge is 0.481 e. The summed E-state index contributed by atoms with van der Waals surface area (Å²) in [5, 5.41) is 11.7.